The van der Waals surface area contributed by atoms with Gasteiger partial charge in [-0.05, 0) is 94.0 Å². The van der Waals surface area contributed by atoms with E-state index in [1.807, 2.05) is 60.7 Å². The predicted molar refractivity (Wildman–Crippen MR) is 151 cm³/mol. The highest BCUT2D eigenvalue weighted by atomic mass is 35.5. The lowest BCUT2D eigenvalue weighted by Crippen LogP contribution is -2.08. The van der Waals surface area contributed by atoms with Crippen molar-refractivity contribution in [2.45, 2.75) is 11.8 Å². The van der Waals surface area contributed by atoms with E-state index in [9.17, 15) is 20.4 Å². The fourth-order valence-corrected chi connectivity index (χ4v) is 5.35. The Bertz CT molecular complexity index is 1330. The Kier molecular flexibility index (Phi) is 7.19. The van der Waals surface area contributed by atoms with Crippen LogP contribution in [0.3, 0.4) is 0 Å². The van der Waals surface area contributed by atoms with Crippen LogP contribution < -0.4 is 0 Å². The summed E-state index contributed by atoms with van der Waals surface area (Å²) in [5, 5.41) is 40.4. The Morgan fingerprint density at radius 1 is 0.368 bits per heavy atom. The van der Waals surface area contributed by atoms with E-state index < -0.39 is 0 Å². The first kappa shape index (κ1) is 25.5. The number of hydrogen-bond donors (Lipinski definition) is 4. The summed E-state index contributed by atoms with van der Waals surface area (Å²) < 4.78 is 0. The van der Waals surface area contributed by atoms with Crippen LogP contribution in [-0.4, -0.2) is 20.4 Å². The van der Waals surface area contributed by atoms with Gasteiger partial charge in [0.15, 0.2) is 0 Å². The van der Waals surface area contributed by atoms with E-state index >= 15 is 0 Å². The SMILES string of the molecule is Oc1ccc(C(c2ccc(O)cc2)c2cc(Cl)c(C(c3ccc(O)cc3)c3ccc(O)cc3)cc2Cl)cc1. The molecular formula is C32H24Cl2O4. The van der Waals surface area contributed by atoms with Crippen LogP contribution in [0.2, 0.25) is 10.0 Å². The molecule has 0 radical (unpaired) electrons. The molecule has 0 amide bonds. The summed E-state index contributed by atoms with van der Waals surface area (Å²) >= 11 is 14.0. The standard InChI is InChI=1S/C32H24Cl2O4/c33-29-18-28(32(21-5-13-25(37)14-6-21)22-7-15-26(38)16-8-22)30(34)17-27(29)31(19-1-9-23(35)10-2-19)20-3-11-24(36)12-4-20/h1-18,31-32,35-38H. The average Bonchev–Trinajstić information content (AvgIpc) is 2.91. The molecule has 4 nitrogen and oxygen atoms in total. The highest BCUT2D eigenvalue weighted by Crippen LogP contribution is 2.43. The fraction of sp³-hybridized carbons (Fsp3) is 0.0625. The summed E-state index contributed by atoms with van der Waals surface area (Å²) in [5.74, 6) is 0.00498. The van der Waals surface area contributed by atoms with Crippen molar-refractivity contribution in [3.63, 3.8) is 0 Å². The molecule has 0 saturated heterocycles. The van der Waals surface area contributed by atoms with Crippen LogP contribution in [0.5, 0.6) is 23.0 Å². The zero-order valence-electron chi connectivity index (χ0n) is 20.1. The van der Waals surface area contributed by atoms with Crippen LogP contribution in [0.1, 0.15) is 45.2 Å². The second-order valence-corrected chi connectivity index (χ2v) is 9.94. The Balaban J connectivity index is 1.67. The number of phenolic OH excluding ortho intramolecular Hbond substituents is 4. The van der Waals surface area contributed by atoms with Crippen molar-refractivity contribution < 1.29 is 20.4 Å². The third-order valence-electron chi connectivity index (χ3n) is 6.64. The number of benzene rings is 5. The highest BCUT2D eigenvalue weighted by molar-refractivity contribution is 6.34. The lowest BCUT2D eigenvalue weighted by atomic mass is 9.81. The molecule has 0 aromatic heterocycles. The van der Waals surface area contributed by atoms with Crippen LogP contribution in [0.4, 0.5) is 0 Å². The Morgan fingerprint density at radius 3 is 0.789 bits per heavy atom. The van der Waals surface area contributed by atoms with Gasteiger partial charge >= 0.3 is 0 Å². The molecule has 0 saturated carbocycles. The molecule has 5 aromatic carbocycles. The van der Waals surface area contributed by atoms with E-state index in [1.165, 1.54) is 0 Å². The lowest BCUT2D eigenvalue weighted by Gasteiger charge is -2.25. The van der Waals surface area contributed by atoms with Crippen LogP contribution in [0.25, 0.3) is 0 Å². The van der Waals surface area contributed by atoms with Gasteiger partial charge in [0.25, 0.3) is 0 Å². The molecule has 0 bridgehead atoms. The Morgan fingerprint density at radius 2 is 0.579 bits per heavy atom. The molecule has 0 atom stereocenters. The maximum Gasteiger partial charge on any atom is 0.115 e. The van der Waals surface area contributed by atoms with E-state index in [2.05, 4.69) is 0 Å². The van der Waals surface area contributed by atoms with Crippen LogP contribution in [0, 0.1) is 0 Å². The van der Waals surface area contributed by atoms with Gasteiger partial charge in [-0.1, -0.05) is 71.7 Å². The van der Waals surface area contributed by atoms with Crippen molar-refractivity contribution in [2.24, 2.45) is 0 Å². The van der Waals surface area contributed by atoms with Gasteiger partial charge in [-0.2, -0.15) is 0 Å². The second kappa shape index (κ2) is 10.7. The summed E-state index contributed by atoms with van der Waals surface area (Å²) in [7, 11) is 0. The minimum atomic E-state index is -0.309. The molecule has 38 heavy (non-hydrogen) atoms. The van der Waals surface area contributed by atoms with E-state index in [0.29, 0.717) is 10.0 Å². The third-order valence-corrected chi connectivity index (χ3v) is 7.30. The Labute approximate surface area is 230 Å². The summed E-state index contributed by atoms with van der Waals surface area (Å²) in [4.78, 5) is 0. The minimum Gasteiger partial charge on any atom is -0.508 e. The molecule has 0 aliphatic heterocycles. The molecule has 4 N–H and O–H groups in total. The zero-order valence-corrected chi connectivity index (χ0v) is 21.6. The van der Waals surface area contributed by atoms with Gasteiger partial charge in [0.1, 0.15) is 23.0 Å². The van der Waals surface area contributed by atoms with Crippen molar-refractivity contribution >= 4 is 23.2 Å². The van der Waals surface area contributed by atoms with Gasteiger partial charge in [0.2, 0.25) is 0 Å². The lowest BCUT2D eigenvalue weighted by molar-refractivity contribution is 0.474. The van der Waals surface area contributed by atoms with Gasteiger partial charge in [0.05, 0.1) is 0 Å². The largest absolute Gasteiger partial charge is 0.508 e. The van der Waals surface area contributed by atoms with Crippen LogP contribution >= 0.6 is 23.2 Å². The van der Waals surface area contributed by atoms with Gasteiger partial charge in [-0.25, -0.2) is 0 Å². The predicted octanol–water partition coefficient (Wildman–Crippen LogP) is 8.18. The van der Waals surface area contributed by atoms with Crippen molar-refractivity contribution in [1.82, 2.24) is 0 Å². The molecule has 5 aromatic rings. The number of rotatable bonds is 6. The molecule has 0 heterocycles. The van der Waals surface area contributed by atoms with E-state index in [1.54, 1.807) is 48.5 Å². The molecule has 0 fully saturated rings. The molecule has 0 aliphatic carbocycles. The average molecular weight is 543 g/mol. The molecular weight excluding hydrogens is 519 g/mol. The van der Waals surface area contributed by atoms with Gasteiger partial charge in [-0.3, -0.25) is 0 Å². The zero-order chi connectivity index (χ0) is 26.8. The first-order valence-corrected chi connectivity index (χ1v) is 12.7. The third kappa shape index (κ3) is 5.28. The number of aromatic hydroxyl groups is 4. The molecule has 0 spiro atoms. The molecule has 0 unspecified atom stereocenters. The number of phenols is 4. The summed E-state index contributed by atoms with van der Waals surface area (Å²) in [6.07, 6.45) is 0. The minimum absolute atomic E-state index is 0.156. The fourth-order valence-electron chi connectivity index (χ4n) is 4.79. The maximum atomic E-state index is 9.85. The molecule has 5 rings (SSSR count). The van der Waals surface area contributed by atoms with E-state index in [0.717, 1.165) is 33.4 Å². The summed E-state index contributed by atoms with van der Waals surface area (Å²) in [6, 6.07) is 31.4. The Hall–Kier alpha value is -4.12. The first-order valence-electron chi connectivity index (χ1n) is 11.9. The van der Waals surface area contributed by atoms with Gasteiger partial charge < -0.3 is 20.4 Å². The smallest absolute Gasteiger partial charge is 0.115 e. The summed E-state index contributed by atoms with van der Waals surface area (Å²) in [6.45, 7) is 0. The quantitative estimate of drug-likeness (QED) is 0.163. The van der Waals surface area contributed by atoms with Crippen LogP contribution in [0.15, 0.2) is 109 Å². The van der Waals surface area contributed by atoms with Crippen molar-refractivity contribution in [2.75, 3.05) is 0 Å². The molecule has 190 valence electrons. The van der Waals surface area contributed by atoms with Crippen molar-refractivity contribution in [3.8, 4) is 23.0 Å². The number of hydrogen-bond acceptors (Lipinski definition) is 4. The normalized spacial score (nSPS) is 11.3. The molecule has 6 heteroatoms. The first-order chi connectivity index (χ1) is 18.3. The van der Waals surface area contributed by atoms with Gasteiger partial charge in [0, 0.05) is 21.9 Å². The highest BCUT2D eigenvalue weighted by Gasteiger charge is 2.25. The van der Waals surface area contributed by atoms with E-state index in [-0.39, 0.29) is 34.8 Å². The van der Waals surface area contributed by atoms with E-state index in [4.69, 9.17) is 23.2 Å². The topological polar surface area (TPSA) is 80.9 Å². The van der Waals surface area contributed by atoms with Gasteiger partial charge in [-0.15, -0.1) is 0 Å². The monoisotopic (exact) mass is 542 g/mol. The number of halogens is 2. The van der Waals surface area contributed by atoms with Crippen LogP contribution in [-0.2, 0) is 0 Å². The second-order valence-electron chi connectivity index (χ2n) is 9.13. The summed E-state index contributed by atoms with van der Waals surface area (Å²) in [5.41, 5.74) is 5.13. The van der Waals surface area contributed by atoms with Crippen molar-refractivity contribution in [3.05, 3.63) is 153 Å². The maximum absolute atomic E-state index is 9.85. The molecule has 0 aliphatic rings. The van der Waals surface area contributed by atoms with Crippen molar-refractivity contribution in [1.29, 1.82) is 0 Å².